The Morgan fingerprint density at radius 1 is 1.20 bits per heavy atom. The van der Waals surface area contributed by atoms with Crippen molar-refractivity contribution in [3.05, 3.63) is 12.2 Å². The summed E-state index contributed by atoms with van der Waals surface area (Å²) in [6, 6.07) is 0. The van der Waals surface area contributed by atoms with Crippen LogP contribution in [0.2, 0.25) is 0 Å². The monoisotopic (exact) mass is 308 g/mol. The third kappa shape index (κ3) is 8.85. The Morgan fingerprint density at radius 2 is 1.80 bits per heavy atom. The maximum atomic E-state index is 10.9. The summed E-state index contributed by atoms with van der Waals surface area (Å²) in [5.74, 6) is -1.88. The van der Waals surface area contributed by atoms with E-state index in [-0.39, 0.29) is 13.0 Å². The number of carbonyl (C=O) groups is 2. The Kier molecular flexibility index (Phi) is 9.12. The number of carbonyl (C=O) groups excluding carboxylic acids is 1. The SMILES string of the molecule is CC=CC(=O)OCCCCCCC(C(=O)O)P(=O)(O)O. The van der Waals surface area contributed by atoms with Crippen molar-refractivity contribution in [3.8, 4) is 0 Å². The van der Waals surface area contributed by atoms with Gasteiger partial charge in [0.1, 0.15) is 0 Å². The number of carboxylic acids is 1. The van der Waals surface area contributed by atoms with Gasteiger partial charge in [-0.2, -0.15) is 0 Å². The van der Waals surface area contributed by atoms with Crippen LogP contribution in [0.4, 0.5) is 0 Å². The average molecular weight is 308 g/mol. The lowest BCUT2D eigenvalue weighted by atomic mass is 10.1. The smallest absolute Gasteiger partial charge is 0.339 e. The Bertz CT molecular complexity index is 385. The molecule has 0 fully saturated rings. The van der Waals surface area contributed by atoms with Crippen LogP contribution < -0.4 is 0 Å². The third-order valence-corrected chi connectivity index (χ3v) is 3.90. The van der Waals surface area contributed by atoms with Gasteiger partial charge in [-0.25, -0.2) is 4.79 Å². The van der Waals surface area contributed by atoms with E-state index in [0.29, 0.717) is 25.7 Å². The molecule has 0 spiro atoms. The molecule has 20 heavy (non-hydrogen) atoms. The second kappa shape index (κ2) is 9.69. The summed E-state index contributed by atoms with van der Waals surface area (Å²) in [4.78, 5) is 39.4. The van der Waals surface area contributed by atoms with E-state index in [1.165, 1.54) is 6.08 Å². The number of ether oxygens (including phenoxy) is 1. The van der Waals surface area contributed by atoms with Crippen molar-refractivity contribution in [1.29, 1.82) is 0 Å². The molecule has 0 amide bonds. The molecule has 0 saturated carbocycles. The van der Waals surface area contributed by atoms with Crippen LogP contribution >= 0.6 is 7.60 Å². The first-order valence-corrected chi connectivity index (χ1v) is 8.04. The highest BCUT2D eigenvalue weighted by atomic mass is 31.2. The summed E-state index contributed by atoms with van der Waals surface area (Å²) in [5.41, 5.74) is -1.63. The van der Waals surface area contributed by atoms with Crippen LogP contribution in [0.5, 0.6) is 0 Å². The van der Waals surface area contributed by atoms with Crippen LogP contribution in [-0.4, -0.2) is 39.1 Å². The molecule has 116 valence electrons. The molecule has 0 aliphatic rings. The minimum atomic E-state index is -4.59. The Labute approximate surface area is 117 Å². The van der Waals surface area contributed by atoms with Crippen molar-refractivity contribution in [1.82, 2.24) is 0 Å². The largest absolute Gasteiger partial charge is 0.481 e. The van der Waals surface area contributed by atoms with Gasteiger partial charge in [-0.05, 0) is 19.8 Å². The molecule has 1 unspecified atom stereocenters. The lowest BCUT2D eigenvalue weighted by Gasteiger charge is -2.13. The van der Waals surface area contributed by atoms with E-state index >= 15 is 0 Å². The first-order valence-electron chi connectivity index (χ1n) is 6.36. The molecular weight excluding hydrogens is 287 g/mol. The van der Waals surface area contributed by atoms with Gasteiger partial charge < -0.3 is 19.6 Å². The molecule has 0 bridgehead atoms. The second-order valence-electron chi connectivity index (χ2n) is 4.31. The van der Waals surface area contributed by atoms with Crippen LogP contribution in [0, 0.1) is 0 Å². The average Bonchev–Trinajstić information content (AvgIpc) is 2.30. The van der Waals surface area contributed by atoms with E-state index < -0.39 is 25.2 Å². The van der Waals surface area contributed by atoms with E-state index in [2.05, 4.69) is 0 Å². The van der Waals surface area contributed by atoms with Crippen LogP contribution in [0.25, 0.3) is 0 Å². The number of aliphatic carboxylic acids is 1. The van der Waals surface area contributed by atoms with Gasteiger partial charge in [0, 0.05) is 6.08 Å². The van der Waals surface area contributed by atoms with Crippen molar-refractivity contribution in [2.75, 3.05) is 6.61 Å². The summed E-state index contributed by atoms with van der Waals surface area (Å²) in [6.07, 6.45) is 5.22. The number of carboxylic acid groups (broad SMARTS) is 1. The minimum absolute atomic E-state index is 0.0576. The predicted octanol–water partition coefficient (Wildman–Crippen LogP) is 1.69. The maximum Gasteiger partial charge on any atom is 0.339 e. The number of hydrogen-bond acceptors (Lipinski definition) is 4. The van der Waals surface area contributed by atoms with Gasteiger partial charge in [-0.3, -0.25) is 9.36 Å². The van der Waals surface area contributed by atoms with Gasteiger partial charge in [0.15, 0.2) is 5.66 Å². The summed E-state index contributed by atoms with van der Waals surface area (Å²) < 4.78 is 15.8. The van der Waals surface area contributed by atoms with Gasteiger partial charge in [-0.1, -0.05) is 25.3 Å². The molecule has 0 heterocycles. The minimum Gasteiger partial charge on any atom is -0.481 e. The van der Waals surface area contributed by atoms with Crippen molar-refractivity contribution in [2.45, 2.75) is 44.7 Å². The first kappa shape index (κ1) is 18.8. The summed E-state index contributed by atoms with van der Waals surface area (Å²) in [5, 5.41) is 8.71. The molecule has 1 atom stereocenters. The molecular formula is C12H21O7P. The number of rotatable bonds is 10. The van der Waals surface area contributed by atoms with E-state index in [1.54, 1.807) is 13.0 Å². The lowest BCUT2D eigenvalue weighted by molar-refractivity contribution is -0.138. The van der Waals surface area contributed by atoms with E-state index in [9.17, 15) is 14.2 Å². The number of esters is 1. The highest BCUT2D eigenvalue weighted by Crippen LogP contribution is 2.43. The third-order valence-electron chi connectivity index (χ3n) is 2.61. The van der Waals surface area contributed by atoms with Crippen LogP contribution in [-0.2, 0) is 18.9 Å². The zero-order chi connectivity index (χ0) is 15.6. The second-order valence-corrected chi connectivity index (χ2v) is 6.12. The highest BCUT2D eigenvalue weighted by Gasteiger charge is 2.34. The van der Waals surface area contributed by atoms with E-state index in [0.717, 1.165) is 0 Å². The first-order chi connectivity index (χ1) is 9.29. The van der Waals surface area contributed by atoms with Gasteiger partial charge in [0.2, 0.25) is 0 Å². The summed E-state index contributed by atoms with van der Waals surface area (Å²) >= 11 is 0. The molecule has 0 aliphatic heterocycles. The van der Waals surface area contributed by atoms with Gasteiger partial charge in [0.05, 0.1) is 6.61 Å². The summed E-state index contributed by atoms with van der Waals surface area (Å²) in [7, 11) is -4.59. The highest BCUT2D eigenvalue weighted by molar-refractivity contribution is 7.53. The van der Waals surface area contributed by atoms with E-state index in [4.69, 9.17) is 19.6 Å². The van der Waals surface area contributed by atoms with Crippen molar-refractivity contribution < 1.29 is 33.8 Å². The Morgan fingerprint density at radius 3 is 2.30 bits per heavy atom. The molecule has 0 aromatic carbocycles. The standard InChI is InChI=1S/C12H21O7P/c1-2-7-11(13)19-9-6-4-3-5-8-10(12(14)15)20(16,17)18/h2,7,10H,3-6,8-9H2,1H3,(H,14,15)(H2,16,17,18). The molecule has 3 N–H and O–H groups in total. The zero-order valence-electron chi connectivity index (χ0n) is 11.4. The van der Waals surface area contributed by atoms with Crippen LogP contribution in [0.15, 0.2) is 12.2 Å². The fourth-order valence-electron chi connectivity index (χ4n) is 1.59. The predicted molar refractivity (Wildman–Crippen MR) is 72.3 cm³/mol. The van der Waals surface area contributed by atoms with Gasteiger partial charge in [-0.15, -0.1) is 0 Å². The fraction of sp³-hybridized carbons (Fsp3) is 0.667. The molecule has 0 radical (unpaired) electrons. The topological polar surface area (TPSA) is 121 Å². The quantitative estimate of drug-likeness (QED) is 0.243. The number of allylic oxidation sites excluding steroid dienone is 1. The lowest BCUT2D eigenvalue weighted by Crippen LogP contribution is -2.20. The molecule has 0 aliphatic carbocycles. The number of unbranched alkanes of at least 4 members (excludes halogenated alkanes) is 3. The van der Waals surface area contributed by atoms with Crippen LogP contribution in [0.3, 0.4) is 0 Å². The molecule has 0 aromatic rings. The maximum absolute atomic E-state index is 10.9. The Hall–Kier alpha value is -1.17. The Balaban J connectivity index is 3.73. The van der Waals surface area contributed by atoms with Crippen molar-refractivity contribution >= 4 is 19.5 Å². The fourth-order valence-corrected chi connectivity index (χ4v) is 2.39. The molecule has 7 nitrogen and oxygen atoms in total. The van der Waals surface area contributed by atoms with Gasteiger partial charge >= 0.3 is 19.5 Å². The van der Waals surface area contributed by atoms with Crippen LogP contribution in [0.1, 0.15) is 39.0 Å². The molecule has 0 aromatic heterocycles. The van der Waals surface area contributed by atoms with Crippen molar-refractivity contribution in [2.24, 2.45) is 0 Å². The summed E-state index contributed by atoms with van der Waals surface area (Å²) in [6.45, 7) is 1.99. The molecule has 0 saturated heterocycles. The van der Waals surface area contributed by atoms with Gasteiger partial charge in [0.25, 0.3) is 0 Å². The molecule has 0 rings (SSSR count). The molecule has 8 heteroatoms. The van der Waals surface area contributed by atoms with Crippen molar-refractivity contribution in [3.63, 3.8) is 0 Å². The zero-order valence-corrected chi connectivity index (χ0v) is 12.3. The number of hydrogen-bond donors (Lipinski definition) is 3. The van der Waals surface area contributed by atoms with E-state index in [1.807, 2.05) is 0 Å². The normalized spacial score (nSPS) is 13.3.